The molecule has 2 rings (SSSR count). The molecule has 0 aliphatic carbocycles. The van der Waals surface area contributed by atoms with Crippen molar-refractivity contribution in [1.29, 1.82) is 0 Å². The Kier molecular flexibility index (Phi) is 5.01. The van der Waals surface area contributed by atoms with Gasteiger partial charge in [-0.05, 0) is 19.8 Å². The quantitative estimate of drug-likeness (QED) is 0.919. The lowest BCUT2D eigenvalue weighted by atomic mass is 10.2. The van der Waals surface area contributed by atoms with Crippen molar-refractivity contribution in [3.8, 4) is 0 Å². The van der Waals surface area contributed by atoms with E-state index >= 15 is 0 Å². The number of aromatic nitrogens is 1. The van der Waals surface area contributed by atoms with Gasteiger partial charge in [-0.1, -0.05) is 24.2 Å². The van der Waals surface area contributed by atoms with Crippen LogP contribution < -0.4 is 10.2 Å². The molecule has 2 heterocycles. The number of carbonyl (C=O) groups excluding carboxylic acids is 1. The Morgan fingerprint density at radius 2 is 2.00 bits per heavy atom. The van der Waals surface area contributed by atoms with Gasteiger partial charge < -0.3 is 14.8 Å². The molecule has 19 heavy (non-hydrogen) atoms. The summed E-state index contributed by atoms with van der Waals surface area (Å²) in [6.07, 6.45) is 4.62. The molecular weight excluding hydrogens is 262 g/mol. The molecule has 0 unspecified atom stereocenters. The van der Waals surface area contributed by atoms with Crippen LogP contribution in [0.4, 0.5) is 4.79 Å². The molecule has 6 heteroatoms. The molecule has 1 N–H and O–H groups in total. The molecule has 0 bridgehead atoms. The number of hydrogen-bond acceptors (Lipinski definition) is 3. The van der Waals surface area contributed by atoms with Crippen molar-refractivity contribution >= 4 is 17.4 Å². The molecule has 0 atom stereocenters. The Bertz CT molecular complexity index is 472. The average Bonchev–Trinajstić information content (AvgIpc) is 2.64. The summed E-state index contributed by atoms with van der Waals surface area (Å²) in [5.74, 6) is 0. The Morgan fingerprint density at radius 3 is 2.58 bits per heavy atom. The molecular formula is C13H21N3O2S. The highest BCUT2D eigenvalue weighted by Gasteiger charge is 2.14. The molecule has 1 aromatic rings. The summed E-state index contributed by atoms with van der Waals surface area (Å²) in [5, 5.41) is 4.75. The van der Waals surface area contributed by atoms with Crippen LogP contribution in [0.2, 0.25) is 0 Å². The minimum Gasteiger partial charge on any atom is -0.336 e. The fourth-order valence-electron chi connectivity index (χ4n) is 2.33. The van der Waals surface area contributed by atoms with Crippen molar-refractivity contribution in [2.24, 2.45) is 0 Å². The number of hydrogen-bond donors (Lipinski definition) is 1. The fraction of sp³-hybridized carbons (Fsp3) is 0.692. The van der Waals surface area contributed by atoms with Crippen LogP contribution in [0.1, 0.15) is 31.4 Å². The molecule has 0 radical (unpaired) electrons. The molecule has 0 saturated carbocycles. The maximum Gasteiger partial charge on any atom is 0.317 e. The number of urea groups is 1. The van der Waals surface area contributed by atoms with E-state index in [4.69, 9.17) is 0 Å². The van der Waals surface area contributed by atoms with Crippen LogP contribution in [0.15, 0.2) is 10.2 Å². The van der Waals surface area contributed by atoms with E-state index in [0.29, 0.717) is 13.1 Å². The van der Waals surface area contributed by atoms with E-state index in [-0.39, 0.29) is 10.9 Å². The zero-order valence-electron chi connectivity index (χ0n) is 11.4. The van der Waals surface area contributed by atoms with Crippen LogP contribution in [0.5, 0.6) is 0 Å². The Labute approximate surface area is 117 Å². The summed E-state index contributed by atoms with van der Waals surface area (Å²) in [5.41, 5.74) is 0.957. The first-order chi connectivity index (χ1) is 9.18. The predicted molar refractivity (Wildman–Crippen MR) is 76.8 cm³/mol. The molecule has 1 aliphatic rings. The first-order valence-corrected chi connectivity index (χ1v) is 7.74. The van der Waals surface area contributed by atoms with Gasteiger partial charge in [0.1, 0.15) is 0 Å². The molecule has 1 fully saturated rings. The van der Waals surface area contributed by atoms with Gasteiger partial charge in [0, 0.05) is 37.3 Å². The van der Waals surface area contributed by atoms with Crippen LogP contribution in [-0.2, 0) is 6.54 Å². The predicted octanol–water partition coefficient (Wildman–Crippen LogP) is 1.80. The summed E-state index contributed by atoms with van der Waals surface area (Å²) in [6, 6.07) is 0.00262. The number of aryl methyl sites for hydroxylation is 1. The summed E-state index contributed by atoms with van der Waals surface area (Å²) < 4.78 is 1.70. The van der Waals surface area contributed by atoms with E-state index in [9.17, 15) is 9.59 Å². The van der Waals surface area contributed by atoms with Crippen LogP contribution in [0.25, 0.3) is 0 Å². The van der Waals surface area contributed by atoms with E-state index in [2.05, 4.69) is 5.32 Å². The van der Waals surface area contributed by atoms with Crippen molar-refractivity contribution in [2.45, 2.75) is 39.2 Å². The van der Waals surface area contributed by atoms with E-state index in [1.165, 1.54) is 24.2 Å². The number of carbonyl (C=O) groups is 1. The first-order valence-electron chi connectivity index (χ1n) is 6.86. The minimum atomic E-state index is 0.00262. The molecule has 106 valence electrons. The van der Waals surface area contributed by atoms with Crippen molar-refractivity contribution in [1.82, 2.24) is 14.8 Å². The number of amides is 2. The standard InChI is InChI=1S/C13H21N3O2S/c1-11-10-19-13(18)16(11)9-6-14-12(17)15-7-4-2-3-5-8-15/h10H,2-9H2,1H3,(H,14,17). The van der Waals surface area contributed by atoms with Gasteiger partial charge in [0.05, 0.1) is 0 Å². The summed E-state index contributed by atoms with van der Waals surface area (Å²) in [4.78, 5) is 25.4. The number of nitrogens with zero attached hydrogens (tertiary/aromatic N) is 2. The van der Waals surface area contributed by atoms with Gasteiger partial charge in [-0.15, -0.1) is 0 Å². The highest BCUT2D eigenvalue weighted by molar-refractivity contribution is 7.07. The van der Waals surface area contributed by atoms with Crippen LogP contribution in [0, 0.1) is 6.92 Å². The van der Waals surface area contributed by atoms with Crippen molar-refractivity contribution in [3.63, 3.8) is 0 Å². The number of thiazole rings is 1. The topological polar surface area (TPSA) is 54.3 Å². The van der Waals surface area contributed by atoms with E-state index < -0.39 is 0 Å². The van der Waals surface area contributed by atoms with Gasteiger partial charge in [0.15, 0.2) is 0 Å². The lowest BCUT2D eigenvalue weighted by Crippen LogP contribution is -2.42. The normalized spacial score (nSPS) is 16.2. The monoisotopic (exact) mass is 283 g/mol. The third-order valence-electron chi connectivity index (χ3n) is 3.48. The summed E-state index contributed by atoms with van der Waals surface area (Å²) >= 11 is 1.20. The third kappa shape index (κ3) is 3.83. The Balaban J connectivity index is 1.79. The van der Waals surface area contributed by atoms with Gasteiger partial charge in [-0.3, -0.25) is 4.79 Å². The zero-order valence-corrected chi connectivity index (χ0v) is 12.2. The average molecular weight is 283 g/mol. The second-order valence-corrected chi connectivity index (χ2v) is 5.75. The molecule has 0 aromatic carbocycles. The number of nitrogens with one attached hydrogen (secondary N) is 1. The van der Waals surface area contributed by atoms with Gasteiger partial charge >= 0.3 is 10.9 Å². The highest BCUT2D eigenvalue weighted by atomic mass is 32.1. The molecule has 0 spiro atoms. The lowest BCUT2D eigenvalue weighted by molar-refractivity contribution is 0.199. The Morgan fingerprint density at radius 1 is 1.32 bits per heavy atom. The van der Waals surface area contributed by atoms with Gasteiger partial charge in [0.2, 0.25) is 0 Å². The highest BCUT2D eigenvalue weighted by Crippen LogP contribution is 2.09. The van der Waals surface area contributed by atoms with Crippen molar-refractivity contribution < 1.29 is 4.79 Å². The van der Waals surface area contributed by atoms with Gasteiger partial charge in [0.25, 0.3) is 0 Å². The van der Waals surface area contributed by atoms with E-state index in [1.807, 2.05) is 17.2 Å². The third-order valence-corrected chi connectivity index (χ3v) is 4.36. The second-order valence-electron chi connectivity index (χ2n) is 4.93. The Hall–Kier alpha value is -1.30. The van der Waals surface area contributed by atoms with E-state index in [1.54, 1.807) is 4.57 Å². The number of rotatable bonds is 3. The van der Waals surface area contributed by atoms with E-state index in [0.717, 1.165) is 31.6 Å². The number of likely N-dealkylation sites (tertiary alicyclic amines) is 1. The first kappa shape index (κ1) is 14.1. The smallest absolute Gasteiger partial charge is 0.317 e. The van der Waals surface area contributed by atoms with Crippen molar-refractivity contribution in [3.05, 3.63) is 20.7 Å². The molecule has 2 amide bonds. The molecule has 1 aromatic heterocycles. The van der Waals surface area contributed by atoms with Gasteiger partial charge in [-0.25, -0.2) is 4.79 Å². The molecule has 5 nitrogen and oxygen atoms in total. The minimum absolute atomic E-state index is 0.00262. The van der Waals surface area contributed by atoms with Crippen LogP contribution >= 0.6 is 11.3 Å². The summed E-state index contributed by atoms with van der Waals surface area (Å²) in [6.45, 7) is 4.67. The van der Waals surface area contributed by atoms with Crippen LogP contribution in [0.3, 0.4) is 0 Å². The van der Waals surface area contributed by atoms with Crippen LogP contribution in [-0.4, -0.2) is 35.1 Å². The van der Waals surface area contributed by atoms with Crippen molar-refractivity contribution in [2.75, 3.05) is 19.6 Å². The SMILES string of the molecule is Cc1csc(=O)n1CCNC(=O)N1CCCCCC1. The molecule has 1 aliphatic heterocycles. The second kappa shape index (κ2) is 6.75. The lowest BCUT2D eigenvalue weighted by Gasteiger charge is -2.20. The van der Waals surface area contributed by atoms with Gasteiger partial charge in [-0.2, -0.15) is 0 Å². The maximum absolute atomic E-state index is 12.0. The summed E-state index contributed by atoms with van der Waals surface area (Å²) in [7, 11) is 0. The largest absolute Gasteiger partial charge is 0.336 e. The molecule has 1 saturated heterocycles. The maximum atomic E-state index is 12.0. The fourth-order valence-corrected chi connectivity index (χ4v) is 3.10. The zero-order chi connectivity index (χ0) is 13.7.